The van der Waals surface area contributed by atoms with Crippen molar-refractivity contribution < 1.29 is 13.9 Å². The van der Waals surface area contributed by atoms with Gasteiger partial charge in [-0.2, -0.15) is 0 Å². The number of nitrogens with zero attached hydrogens (tertiary/aromatic N) is 3. The second kappa shape index (κ2) is 8.57. The zero-order valence-corrected chi connectivity index (χ0v) is 18.3. The summed E-state index contributed by atoms with van der Waals surface area (Å²) in [6, 6.07) is 11.9. The highest BCUT2D eigenvalue weighted by atomic mass is 35.5. The van der Waals surface area contributed by atoms with Gasteiger partial charge in [0.1, 0.15) is 16.6 Å². The van der Waals surface area contributed by atoms with Gasteiger partial charge >= 0.3 is 0 Å². The van der Waals surface area contributed by atoms with Crippen LogP contribution in [0.15, 0.2) is 47.8 Å². The van der Waals surface area contributed by atoms with Gasteiger partial charge in [-0.25, -0.2) is 9.37 Å². The number of hydrogen-bond acceptors (Lipinski definition) is 5. The van der Waals surface area contributed by atoms with Crippen LogP contribution in [0.25, 0.3) is 10.6 Å². The average molecular weight is 458 g/mol. The number of hydrogen-bond donors (Lipinski definition) is 0. The van der Waals surface area contributed by atoms with Gasteiger partial charge in [-0.1, -0.05) is 11.6 Å². The van der Waals surface area contributed by atoms with Crippen LogP contribution in [0.3, 0.4) is 0 Å². The van der Waals surface area contributed by atoms with E-state index in [-0.39, 0.29) is 11.7 Å². The maximum atomic E-state index is 13.1. The largest absolute Gasteiger partial charge is 0.480 e. The maximum Gasteiger partial charge on any atom is 0.264 e. The average Bonchev–Trinajstić information content (AvgIpc) is 3.41. The maximum absolute atomic E-state index is 13.1. The Morgan fingerprint density at radius 2 is 1.94 bits per heavy atom. The lowest BCUT2D eigenvalue weighted by molar-refractivity contribution is -0.139. The lowest BCUT2D eigenvalue weighted by atomic mass is 10.1. The minimum Gasteiger partial charge on any atom is -0.480 e. The van der Waals surface area contributed by atoms with Crippen molar-refractivity contribution in [2.75, 3.05) is 26.2 Å². The summed E-state index contributed by atoms with van der Waals surface area (Å²) < 4.78 is 19.0. The summed E-state index contributed by atoms with van der Waals surface area (Å²) in [5.74, 6) is 0.546. The number of fused-ring (bicyclic) bond motifs is 1. The molecule has 0 spiro atoms. The molecule has 5 rings (SSSR count). The van der Waals surface area contributed by atoms with Gasteiger partial charge in [-0.15, -0.1) is 11.3 Å². The van der Waals surface area contributed by atoms with E-state index in [2.05, 4.69) is 4.90 Å². The molecular weight excluding hydrogens is 437 g/mol. The minimum absolute atomic E-state index is 0.0410. The van der Waals surface area contributed by atoms with E-state index in [9.17, 15) is 9.18 Å². The third kappa shape index (κ3) is 4.44. The zero-order chi connectivity index (χ0) is 21.4. The summed E-state index contributed by atoms with van der Waals surface area (Å²) in [7, 11) is 0. The van der Waals surface area contributed by atoms with E-state index < -0.39 is 6.10 Å². The molecule has 2 aliphatic rings. The molecule has 1 aromatic heterocycles. The summed E-state index contributed by atoms with van der Waals surface area (Å²) in [5, 5.41) is 3.60. The standard InChI is InChI=1S/C23H21ClFN3O2S/c24-17-3-6-20-16(11-17)12-21(30-20)23(29)28-9-7-27(8-10-28)13-19-14-31-22(26-19)15-1-4-18(25)5-2-15/h1-6,11,14,21H,7-10,12-13H2/t21-/m0/s1. The van der Waals surface area contributed by atoms with Crippen LogP contribution < -0.4 is 4.74 Å². The van der Waals surface area contributed by atoms with Crippen molar-refractivity contribution in [1.29, 1.82) is 0 Å². The Balaban J connectivity index is 1.14. The quantitative estimate of drug-likeness (QED) is 0.587. The van der Waals surface area contributed by atoms with E-state index in [1.165, 1.54) is 12.1 Å². The van der Waals surface area contributed by atoms with Crippen LogP contribution in [0.1, 0.15) is 11.3 Å². The molecule has 2 aliphatic heterocycles. The molecule has 0 radical (unpaired) electrons. The number of aromatic nitrogens is 1. The van der Waals surface area contributed by atoms with Gasteiger partial charge in [-0.3, -0.25) is 9.69 Å². The molecule has 1 saturated heterocycles. The second-order valence-corrected chi connectivity index (χ2v) is 9.11. The van der Waals surface area contributed by atoms with E-state index in [0.29, 0.717) is 24.5 Å². The molecule has 31 heavy (non-hydrogen) atoms. The SMILES string of the molecule is O=C([C@@H]1Cc2cc(Cl)ccc2O1)N1CCN(Cc2csc(-c3ccc(F)cc3)n2)CC1. The van der Waals surface area contributed by atoms with E-state index in [1.807, 2.05) is 22.4 Å². The van der Waals surface area contributed by atoms with Crippen molar-refractivity contribution >= 4 is 28.8 Å². The summed E-state index contributed by atoms with van der Waals surface area (Å²) >= 11 is 7.61. The first-order valence-corrected chi connectivity index (χ1v) is 11.5. The second-order valence-electron chi connectivity index (χ2n) is 7.81. The van der Waals surface area contributed by atoms with Crippen LogP contribution in [0.5, 0.6) is 5.75 Å². The minimum atomic E-state index is -0.461. The number of benzene rings is 2. The van der Waals surface area contributed by atoms with Crippen LogP contribution >= 0.6 is 22.9 Å². The fourth-order valence-electron chi connectivity index (χ4n) is 4.02. The predicted octanol–water partition coefficient (Wildman–Crippen LogP) is 4.25. The fraction of sp³-hybridized carbons (Fsp3) is 0.304. The Morgan fingerprint density at radius 1 is 1.16 bits per heavy atom. The third-order valence-electron chi connectivity index (χ3n) is 5.68. The number of piperazine rings is 1. The summed E-state index contributed by atoms with van der Waals surface area (Å²) in [6.45, 7) is 3.67. The van der Waals surface area contributed by atoms with Crippen LogP contribution in [0, 0.1) is 5.82 Å². The molecule has 160 valence electrons. The summed E-state index contributed by atoms with van der Waals surface area (Å²) in [5.41, 5.74) is 2.91. The van der Waals surface area contributed by atoms with Crippen LogP contribution in [-0.2, 0) is 17.8 Å². The van der Waals surface area contributed by atoms with E-state index in [1.54, 1.807) is 29.5 Å². The molecule has 3 heterocycles. The molecule has 2 aromatic carbocycles. The van der Waals surface area contributed by atoms with Gasteiger partial charge < -0.3 is 9.64 Å². The van der Waals surface area contributed by atoms with E-state index in [4.69, 9.17) is 21.3 Å². The fourth-order valence-corrected chi connectivity index (χ4v) is 5.03. The Kier molecular flexibility index (Phi) is 5.65. The smallest absolute Gasteiger partial charge is 0.264 e. The molecule has 0 N–H and O–H groups in total. The molecule has 5 nitrogen and oxygen atoms in total. The summed E-state index contributed by atoms with van der Waals surface area (Å²) in [6.07, 6.45) is 0.108. The van der Waals surface area contributed by atoms with Crippen LogP contribution in [0.4, 0.5) is 4.39 Å². The predicted molar refractivity (Wildman–Crippen MR) is 119 cm³/mol. The highest BCUT2D eigenvalue weighted by Crippen LogP contribution is 2.32. The normalized spacial score (nSPS) is 18.6. The monoisotopic (exact) mass is 457 g/mol. The third-order valence-corrected chi connectivity index (χ3v) is 6.86. The van der Waals surface area contributed by atoms with Gasteiger partial charge in [0, 0.05) is 55.1 Å². The van der Waals surface area contributed by atoms with Gasteiger partial charge in [0.15, 0.2) is 6.10 Å². The molecule has 1 atom stereocenters. The molecule has 1 fully saturated rings. The van der Waals surface area contributed by atoms with Crippen molar-refractivity contribution in [2.45, 2.75) is 19.1 Å². The van der Waals surface area contributed by atoms with Crippen molar-refractivity contribution in [3.63, 3.8) is 0 Å². The summed E-state index contributed by atoms with van der Waals surface area (Å²) in [4.78, 5) is 21.8. The number of amides is 1. The highest BCUT2D eigenvalue weighted by Gasteiger charge is 2.34. The Labute approximate surface area is 189 Å². The molecule has 0 aliphatic carbocycles. The zero-order valence-electron chi connectivity index (χ0n) is 16.8. The molecular formula is C23H21ClFN3O2S. The van der Waals surface area contributed by atoms with Gasteiger partial charge in [0.05, 0.1) is 5.69 Å². The molecule has 3 aromatic rings. The molecule has 0 bridgehead atoms. The van der Waals surface area contributed by atoms with Crippen molar-refractivity contribution in [1.82, 2.24) is 14.8 Å². The van der Waals surface area contributed by atoms with Gasteiger partial charge in [0.25, 0.3) is 5.91 Å². The van der Waals surface area contributed by atoms with Crippen molar-refractivity contribution in [2.24, 2.45) is 0 Å². The lowest BCUT2D eigenvalue weighted by Crippen LogP contribution is -2.51. The lowest BCUT2D eigenvalue weighted by Gasteiger charge is -2.35. The number of rotatable bonds is 4. The number of halogens is 2. The van der Waals surface area contributed by atoms with Crippen molar-refractivity contribution in [3.05, 3.63) is 69.9 Å². The topological polar surface area (TPSA) is 45.7 Å². The van der Waals surface area contributed by atoms with Gasteiger partial charge in [-0.05, 0) is 48.0 Å². The van der Waals surface area contributed by atoms with Crippen molar-refractivity contribution in [3.8, 4) is 16.3 Å². The first-order valence-electron chi connectivity index (χ1n) is 10.2. The highest BCUT2D eigenvalue weighted by molar-refractivity contribution is 7.13. The first-order chi connectivity index (χ1) is 15.0. The molecule has 0 saturated carbocycles. The Morgan fingerprint density at radius 3 is 2.71 bits per heavy atom. The number of thiazole rings is 1. The molecule has 1 amide bonds. The van der Waals surface area contributed by atoms with Crippen LogP contribution in [-0.4, -0.2) is 53.0 Å². The molecule has 0 unspecified atom stereocenters. The number of carbonyl (C=O) groups is 1. The van der Waals surface area contributed by atoms with E-state index >= 15 is 0 Å². The number of carbonyl (C=O) groups excluding carboxylic acids is 1. The number of ether oxygens (including phenoxy) is 1. The van der Waals surface area contributed by atoms with E-state index in [0.717, 1.165) is 47.2 Å². The first kappa shape index (κ1) is 20.4. The Bertz CT molecular complexity index is 1100. The molecule has 8 heteroatoms. The Hall–Kier alpha value is -2.48. The van der Waals surface area contributed by atoms with Gasteiger partial charge in [0.2, 0.25) is 0 Å². The van der Waals surface area contributed by atoms with Crippen LogP contribution in [0.2, 0.25) is 5.02 Å².